The number of Topliss-reactive ketones (excluding diaryl/α,β-unsaturated/α-hetero) is 1. The minimum absolute atomic E-state index is 0.280. The second-order valence-electron chi connectivity index (χ2n) is 9.63. The lowest BCUT2D eigenvalue weighted by Crippen LogP contribution is -2.53. The molecule has 0 saturated carbocycles. The topological polar surface area (TPSA) is 136 Å². The Labute approximate surface area is 177 Å². The largest absolute Gasteiger partial charge is 0.458 e. The van der Waals surface area contributed by atoms with Crippen LogP contribution in [0.15, 0.2) is 0 Å². The van der Waals surface area contributed by atoms with Gasteiger partial charge in [0.15, 0.2) is 0 Å². The van der Waals surface area contributed by atoms with Crippen molar-refractivity contribution < 1.29 is 38.2 Å². The van der Waals surface area contributed by atoms with Crippen LogP contribution < -0.4 is 0 Å². The summed E-state index contributed by atoms with van der Waals surface area (Å²) in [5.74, 6) is -1.52. The molecule has 0 bridgehead atoms. The number of nitrogens with zero attached hydrogens (tertiary/aromatic N) is 3. The zero-order valence-electron chi connectivity index (χ0n) is 19.3. The molecule has 1 atom stereocenters. The average molecular weight is 427 g/mol. The molecule has 1 unspecified atom stereocenters. The van der Waals surface area contributed by atoms with Gasteiger partial charge in [-0.05, 0) is 68.7 Å². The van der Waals surface area contributed by atoms with E-state index in [1.54, 1.807) is 62.3 Å². The van der Waals surface area contributed by atoms with Crippen molar-refractivity contribution in [2.45, 2.75) is 98.0 Å². The first-order chi connectivity index (χ1) is 13.4. The Morgan fingerprint density at radius 2 is 1.23 bits per heavy atom. The summed E-state index contributed by atoms with van der Waals surface area (Å²) in [5.41, 5.74) is 5.66. The van der Waals surface area contributed by atoms with Gasteiger partial charge in [-0.1, -0.05) is 0 Å². The van der Waals surface area contributed by atoms with Gasteiger partial charge in [0.25, 0.3) is 0 Å². The van der Waals surface area contributed by atoms with Crippen molar-refractivity contribution in [3.63, 3.8) is 0 Å². The molecule has 0 radical (unpaired) electrons. The lowest BCUT2D eigenvalue weighted by atomic mass is 10.1. The number of hydrogen-bond donors (Lipinski definition) is 0. The van der Waals surface area contributed by atoms with E-state index in [0.29, 0.717) is 11.1 Å². The van der Waals surface area contributed by atoms with Crippen LogP contribution in [0.4, 0.5) is 9.59 Å². The lowest BCUT2D eigenvalue weighted by molar-refractivity contribution is -0.161. The van der Waals surface area contributed by atoms with E-state index in [0.717, 1.165) is 0 Å². The van der Waals surface area contributed by atoms with E-state index in [1.807, 2.05) is 0 Å². The van der Waals surface area contributed by atoms with Crippen LogP contribution in [0.25, 0.3) is 5.53 Å². The van der Waals surface area contributed by atoms with Crippen LogP contribution in [0.5, 0.6) is 0 Å². The second kappa shape index (κ2) is 10.3. The molecule has 0 rings (SSSR count). The quantitative estimate of drug-likeness (QED) is 0.208. The summed E-state index contributed by atoms with van der Waals surface area (Å²) in [5, 5.41) is 0. The Kier molecular flexibility index (Phi) is 9.39. The molecule has 2 amide bonds. The molecule has 0 aliphatic carbocycles. The van der Waals surface area contributed by atoms with Crippen LogP contribution in [0.2, 0.25) is 0 Å². The van der Waals surface area contributed by atoms with E-state index in [4.69, 9.17) is 19.7 Å². The Bertz CT molecular complexity index is 677. The molecule has 170 valence electrons. The number of rotatable bonds is 6. The molecule has 0 spiro atoms. The van der Waals surface area contributed by atoms with Crippen LogP contribution in [0.3, 0.4) is 0 Å². The zero-order chi connectivity index (χ0) is 23.9. The van der Waals surface area contributed by atoms with Crippen LogP contribution in [0, 0.1) is 0 Å². The first-order valence-electron chi connectivity index (χ1n) is 9.54. The molecule has 0 fully saturated rings. The average Bonchev–Trinajstić information content (AvgIpc) is 2.45. The maximum absolute atomic E-state index is 12.8. The molecular weight excluding hydrogens is 394 g/mol. The molecule has 0 aliphatic rings. The summed E-state index contributed by atoms with van der Waals surface area (Å²) in [6.45, 7) is 14.5. The first-order valence-corrected chi connectivity index (χ1v) is 9.54. The fraction of sp³-hybridized carbons (Fsp3) is 0.750. The fourth-order valence-electron chi connectivity index (χ4n) is 2.08. The highest BCUT2D eigenvalue weighted by atomic mass is 16.6. The van der Waals surface area contributed by atoms with Crippen molar-refractivity contribution in [3.05, 3.63) is 5.53 Å². The smallest absolute Gasteiger partial charge is 0.420 e. The molecule has 0 aromatic heterocycles. The molecule has 10 nitrogen and oxygen atoms in total. The number of carbonyl (C=O) groups excluding carboxylic acids is 4. The SMILES string of the molecule is CC(C)(C)OC(=O)C(CCC(=O)C=[N+]=[N-])N(C(=O)OC(C)(C)C)C(=O)OC(C)(C)C. The molecule has 0 N–H and O–H groups in total. The summed E-state index contributed by atoms with van der Waals surface area (Å²) in [6, 6.07) is -1.50. The molecular formula is C20H33N3O7. The highest BCUT2D eigenvalue weighted by molar-refractivity contribution is 6.25. The summed E-state index contributed by atoms with van der Waals surface area (Å²) in [4.78, 5) is 53.4. The van der Waals surface area contributed by atoms with Crippen molar-refractivity contribution in [3.8, 4) is 0 Å². The van der Waals surface area contributed by atoms with Crippen LogP contribution in [0.1, 0.15) is 75.2 Å². The molecule has 30 heavy (non-hydrogen) atoms. The fourth-order valence-corrected chi connectivity index (χ4v) is 2.08. The number of ketones is 1. The number of carbonyl (C=O) groups is 4. The summed E-state index contributed by atoms with van der Waals surface area (Å²) in [6.07, 6.45) is -2.14. The number of amides is 2. The highest BCUT2D eigenvalue weighted by Crippen LogP contribution is 2.21. The van der Waals surface area contributed by atoms with E-state index >= 15 is 0 Å². The minimum Gasteiger partial charge on any atom is -0.458 e. The van der Waals surface area contributed by atoms with Gasteiger partial charge in [-0.3, -0.25) is 4.79 Å². The normalized spacial score (nSPS) is 12.8. The Morgan fingerprint density at radius 3 is 1.57 bits per heavy atom. The predicted molar refractivity (Wildman–Crippen MR) is 108 cm³/mol. The van der Waals surface area contributed by atoms with E-state index in [-0.39, 0.29) is 12.8 Å². The number of hydrogen-bond acceptors (Lipinski definition) is 7. The Morgan fingerprint density at radius 1 is 0.833 bits per heavy atom. The zero-order valence-corrected chi connectivity index (χ0v) is 19.3. The van der Waals surface area contributed by atoms with Gasteiger partial charge in [0.05, 0.1) is 0 Å². The van der Waals surface area contributed by atoms with Gasteiger partial charge in [0.1, 0.15) is 22.8 Å². The first kappa shape index (κ1) is 27.3. The van der Waals surface area contributed by atoms with Crippen molar-refractivity contribution in [2.24, 2.45) is 0 Å². The van der Waals surface area contributed by atoms with Crippen molar-refractivity contribution in [1.29, 1.82) is 0 Å². The van der Waals surface area contributed by atoms with E-state index < -0.39 is 46.8 Å². The third kappa shape index (κ3) is 11.3. The second-order valence-corrected chi connectivity index (χ2v) is 9.63. The van der Waals surface area contributed by atoms with Gasteiger partial charge in [0.2, 0.25) is 5.78 Å². The van der Waals surface area contributed by atoms with Crippen molar-refractivity contribution in [1.82, 2.24) is 4.90 Å². The van der Waals surface area contributed by atoms with Crippen LogP contribution >= 0.6 is 0 Å². The van der Waals surface area contributed by atoms with Gasteiger partial charge in [-0.15, -0.1) is 0 Å². The summed E-state index contributed by atoms with van der Waals surface area (Å²) in [7, 11) is 0. The number of imide groups is 1. The molecule has 0 aromatic rings. The van der Waals surface area contributed by atoms with Gasteiger partial charge in [-0.2, -0.15) is 9.69 Å². The Hall–Kier alpha value is -2.74. The van der Waals surface area contributed by atoms with E-state index in [2.05, 4.69) is 4.79 Å². The highest BCUT2D eigenvalue weighted by Gasteiger charge is 2.42. The van der Waals surface area contributed by atoms with Gasteiger partial charge >= 0.3 is 24.4 Å². The van der Waals surface area contributed by atoms with Gasteiger partial charge in [0, 0.05) is 6.42 Å². The van der Waals surface area contributed by atoms with Gasteiger partial charge < -0.3 is 19.7 Å². The number of ether oxygens (including phenoxy) is 3. The maximum atomic E-state index is 12.8. The molecule has 0 saturated heterocycles. The standard InChI is InChI=1S/C20H33N3O7/c1-18(2,3)28-15(25)14(11-10-13(24)12-22-21)23(16(26)29-19(4,5)6)17(27)30-20(7,8)9/h12,14H,10-11H2,1-9H3. The molecule has 0 aromatic carbocycles. The Balaban J connectivity index is 6.14. The van der Waals surface area contributed by atoms with Crippen molar-refractivity contribution >= 4 is 30.2 Å². The van der Waals surface area contributed by atoms with Crippen LogP contribution in [-0.2, 0) is 23.8 Å². The minimum atomic E-state index is -1.50. The third-order valence-corrected chi connectivity index (χ3v) is 3.04. The van der Waals surface area contributed by atoms with E-state index in [9.17, 15) is 19.2 Å². The molecule has 0 heterocycles. The third-order valence-electron chi connectivity index (χ3n) is 3.04. The predicted octanol–water partition coefficient (Wildman–Crippen LogP) is 3.52. The van der Waals surface area contributed by atoms with Gasteiger partial charge in [-0.25, -0.2) is 14.4 Å². The molecule has 10 heteroatoms. The van der Waals surface area contributed by atoms with E-state index in [1.165, 1.54) is 0 Å². The maximum Gasteiger partial charge on any atom is 0.420 e. The number of esters is 1. The van der Waals surface area contributed by atoms with Crippen LogP contribution in [-0.4, -0.2) is 62.7 Å². The summed E-state index contributed by atoms with van der Waals surface area (Å²) < 4.78 is 15.9. The van der Waals surface area contributed by atoms with Crippen molar-refractivity contribution in [2.75, 3.05) is 0 Å². The lowest BCUT2D eigenvalue weighted by Gasteiger charge is -2.33. The summed E-state index contributed by atoms with van der Waals surface area (Å²) >= 11 is 0. The monoisotopic (exact) mass is 427 g/mol. The molecule has 0 aliphatic heterocycles.